The van der Waals surface area contributed by atoms with E-state index in [1.165, 1.54) is 11.8 Å². The van der Waals surface area contributed by atoms with Crippen LogP contribution in [0.1, 0.15) is 0 Å². The number of nitrogens with zero attached hydrogens (tertiary/aromatic N) is 2. The molecule has 0 saturated carbocycles. The van der Waals surface area contributed by atoms with Crippen molar-refractivity contribution in [2.75, 3.05) is 32.1 Å². The van der Waals surface area contributed by atoms with E-state index in [2.05, 4.69) is 10.4 Å². The van der Waals surface area contributed by atoms with Crippen LogP contribution in [0.2, 0.25) is 10.3 Å². The number of hydrogen-bond acceptors (Lipinski definition) is 5. The molecular weight excluding hydrogens is 309 g/mol. The number of morpholine rings is 1. The Hall–Kier alpha value is -0.530. The lowest BCUT2D eigenvalue weighted by Gasteiger charge is -2.26. The van der Waals surface area contributed by atoms with Crippen molar-refractivity contribution in [1.29, 1.82) is 0 Å². The van der Waals surface area contributed by atoms with Gasteiger partial charge in [0.05, 0.1) is 19.0 Å². The number of carbonyl (C=O) groups is 1. The molecule has 1 N–H and O–H groups in total. The highest BCUT2D eigenvalue weighted by molar-refractivity contribution is 8.00. The van der Waals surface area contributed by atoms with E-state index in [1.807, 2.05) is 5.01 Å². The molecule has 1 aliphatic heterocycles. The number of aromatic nitrogens is 1. The summed E-state index contributed by atoms with van der Waals surface area (Å²) in [6.07, 6.45) is 0. The van der Waals surface area contributed by atoms with E-state index >= 15 is 0 Å². The molecule has 0 unspecified atom stereocenters. The van der Waals surface area contributed by atoms with Crippen molar-refractivity contribution >= 4 is 40.9 Å². The zero-order chi connectivity index (χ0) is 13.7. The molecule has 1 aliphatic rings. The summed E-state index contributed by atoms with van der Waals surface area (Å²) in [6, 6.07) is 3.36. The average Bonchev–Trinajstić information content (AvgIpc) is 2.36. The standard InChI is InChI=1S/C11H13Cl2N3O2S/c12-9-5-8(6-10(13)14-9)19-7-11(17)15-16-1-3-18-4-2-16/h5-6H,1-4,7H2,(H,15,17). The second-order valence-corrected chi connectivity index (χ2v) is 5.69. The van der Waals surface area contributed by atoms with E-state index in [0.717, 1.165) is 4.90 Å². The van der Waals surface area contributed by atoms with Gasteiger partial charge in [-0.25, -0.2) is 9.99 Å². The third-order valence-electron chi connectivity index (χ3n) is 2.40. The van der Waals surface area contributed by atoms with Gasteiger partial charge < -0.3 is 4.74 Å². The maximum atomic E-state index is 11.8. The van der Waals surface area contributed by atoms with Crippen LogP contribution in [0.25, 0.3) is 0 Å². The highest BCUT2D eigenvalue weighted by atomic mass is 35.5. The number of amides is 1. The van der Waals surface area contributed by atoms with Crippen molar-refractivity contribution in [3.05, 3.63) is 22.4 Å². The van der Waals surface area contributed by atoms with Crippen molar-refractivity contribution in [3.63, 3.8) is 0 Å². The summed E-state index contributed by atoms with van der Waals surface area (Å²) < 4.78 is 5.20. The molecule has 1 fully saturated rings. The summed E-state index contributed by atoms with van der Waals surface area (Å²) in [4.78, 5) is 16.4. The minimum atomic E-state index is -0.0593. The van der Waals surface area contributed by atoms with Gasteiger partial charge in [0.25, 0.3) is 0 Å². The lowest BCUT2D eigenvalue weighted by atomic mass is 10.5. The van der Waals surface area contributed by atoms with Gasteiger partial charge in [-0.05, 0) is 12.1 Å². The Morgan fingerprint density at radius 1 is 1.37 bits per heavy atom. The first kappa shape index (κ1) is 14.9. The fourth-order valence-electron chi connectivity index (χ4n) is 1.56. The predicted molar refractivity (Wildman–Crippen MR) is 75.5 cm³/mol. The lowest BCUT2D eigenvalue weighted by Crippen LogP contribution is -2.48. The topological polar surface area (TPSA) is 54.5 Å². The normalized spacial score (nSPS) is 16.3. The second-order valence-electron chi connectivity index (χ2n) is 3.87. The van der Waals surface area contributed by atoms with E-state index in [1.54, 1.807) is 12.1 Å². The summed E-state index contributed by atoms with van der Waals surface area (Å²) in [7, 11) is 0. The Bertz CT molecular complexity index is 435. The SMILES string of the molecule is O=C(CSc1cc(Cl)nc(Cl)c1)NN1CCOCC1. The van der Waals surface area contributed by atoms with Crippen molar-refractivity contribution in [2.24, 2.45) is 0 Å². The van der Waals surface area contributed by atoms with Gasteiger partial charge in [-0.1, -0.05) is 23.2 Å². The number of pyridine rings is 1. The molecule has 0 radical (unpaired) electrons. The van der Waals surface area contributed by atoms with Gasteiger partial charge in [-0.15, -0.1) is 11.8 Å². The molecular formula is C11H13Cl2N3O2S. The Kier molecular flexibility index (Phi) is 5.72. The highest BCUT2D eigenvalue weighted by Crippen LogP contribution is 2.23. The van der Waals surface area contributed by atoms with Crippen LogP contribution >= 0.6 is 35.0 Å². The molecule has 0 aliphatic carbocycles. The Balaban J connectivity index is 1.79. The molecule has 1 aromatic rings. The lowest BCUT2D eigenvalue weighted by molar-refractivity contribution is -0.125. The first-order chi connectivity index (χ1) is 9.13. The number of halogens is 2. The number of hydrogen-bond donors (Lipinski definition) is 1. The van der Waals surface area contributed by atoms with Crippen LogP contribution in [0.4, 0.5) is 0 Å². The number of nitrogens with one attached hydrogen (secondary N) is 1. The number of carbonyl (C=O) groups excluding carboxylic acids is 1. The molecule has 19 heavy (non-hydrogen) atoms. The molecule has 0 spiro atoms. The highest BCUT2D eigenvalue weighted by Gasteiger charge is 2.13. The molecule has 104 valence electrons. The van der Waals surface area contributed by atoms with Gasteiger partial charge in [-0.3, -0.25) is 10.2 Å². The number of ether oxygens (including phenoxy) is 1. The van der Waals surface area contributed by atoms with Gasteiger partial charge in [0, 0.05) is 18.0 Å². The molecule has 1 aromatic heterocycles. The second kappa shape index (κ2) is 7.31. The Morgan fingerprint density at radius 2 is 2.00 bits per heavy atom. The first-order valence-electron chi connectivity index (χ1n) is 5.71. The van der Waals surface area contributed by atoms with Crippen molar-refractivity contribution < 1.29 is 9.53 Å². The van der Waals surface area contributed by atoms with Crippen molar-refractivity contribution in [1.82, 2.24) is 15.4 Å². The van der Waals surface area contributed by atoms with Crippen LogP contribution in [0.15, 0.2) is 17.0 Å². The smallest absolute Gasteiger partial charge is 0.244 e. The minimum absolute atomic E-state index is 0.0593. The van der Waals surface area contributed by atoms with Gasteiger partial charge in [-0.2, -0.15) is 0 Å². The average molecular weight is 322 g/mol. The van der Waals surface area contributed by atoms with Crippen molar-refractivity contribution in [2.45, 2.75) is 4.90 Å². The maximum absolute atomic E-state index is 11.8. The Labute approximate surface area is 125 Å². The van der Waals surface area contributed by atoms with Gasteiger partial charge in [0.2, 0.25) is 5.91 Å². The zero-order valence-electron chi connectivity index (χ0n) is 10.1. The third kappa shape index (κ3) is 5.16. The minimum Gasteiger partial charge on any atom is -0.379 e. The predicted octanol–water partition coefficient (Wildman–Crippen LogP) is 1.84. The van der Waals surface area contributed by atoms with Crippen LogP contribution in [0.5, 0.6) is 0 Å². The molecule has 1 amide bonds. The summed E-state index contributed by atoms with van der Waals surface area (Å²) in [5.74, 6) is 0.240. The monoisotopic (exact) mass is 321 g/mol. The molecule has 0 aromatic carbocycles. The number of rotatable bonds is 4. The zero-order valence-corrected chi connectivity index (χ0v) is 12.4. The molecule has 1 saturated heterocycles. The molecule has 0 bridgehead atoms. The maximum Gasteiger partial charge on any atom is 0.244 e. The summed E-state index contributed by atoms with van der Waals surface area (Å²) in [6.45, 7) is 2.71. The summed E-state index contributed by atoms with van der Waals surface area (Å²) in [5, 5.41) is 2.51. The fraction of sp³-hybridized carbons (Fsp3) is 0.455. The molecule has 8 heteroatoms. The Morgan fingerprint density at radius 3 is 2.63 bits per heavy atom. The molecule has 2 heterocycles. The summed E-state index contributed by atoms with van der Waals surface area (Å²) >= 11 is 12.9. The quantitative estimate of drug-likeness (QED) is 0.677. The number of hydrazine groups is 1. The van der Waals surface area contributed by atoms with Gasteiger partial charge >= 0.3 is 0 Å². The van der Waals surface area contributed by atoms with E-state index in [-0.39, 0.29) is 5.91 Å². The van der Waals surface area contributed by atoms with E-state index in [9.17, 15) is 4.79 Å². The molecule has 2 rings (SSSR count). The fourth-order valence-corrected chi connectivity index (χ4v) is 2.90. The molecule has 0 atom stereocenters. The van der Waals surface area contributed by atoms with Crippen LogP contribution in [0, 0.1) is 0 Å². The van der Waals surface area contributed by atoms with E-state index in [4.69, 9.17) is 27.9 Å². The number of thioether (sulfide) groups is 1. The van der Waals surface area contributed by atoms with Crippen LogP contribution < -0.4 is 5.43 Å². The van der Waals surface area contributed by atoms with Gasteiger partial charge in [0.1, 0.15) is 10.3 Å². The molecule has 5 nitrogen and oxygen atoms in total. The van der Waals surface area contributed by atoms with Gasteiger partial charge in [0.15, 0.2) is 0 Å². The summed E-state index contributed by atoms with van der Waals surface area (Å²) in [5.41, 5.74) is 2.83. The largest absolute Gasteiger partial charge is 0.379 e. The van der Waals surface area contributed by atoms with Crippen LogP contribution in [-0.4, -0.2) is 48.0 Å². The first-order valence-corrected chi connectivity index (χ1v) is 7.46. The third-order valence-corrected chi connectivity index (χ3v) is 3.76. The van der Waals surface area contributed by atoms with Crippen LogP contribution in [0.3, 0.4) is 0 Å². The van der Waals surface area contributed by atoms with Crippen molar-refractivity contribution in [3.8, 4) is 0 Å². The van der Waals surface area contributed by atoms with E-state index < -0.39 is 0 Å². The van der Waals surface area contributed by atoms with E-state index in [0.29, 0.717) is 42.4 Å². The van der Waals surface area contributed by atoms with Crippen LogP contribution in [-0.2, 0) is 9.53 Å².